The Kier molecular flexibility index (Phi) is 4.79. The zero-order chi connectivity index (χ0) is 15.2. The Balaban J connectivity index is 2.27. The fourth-order valence-electron chi connectivity index (χ4n) is 1.80. The molecular formula is C16H11ClN2O2. The standard InChI is InChI=1S/C16H11ClN2O2/c17-15-7-12(9-18)13(10-19)8-16(15)21-14-3-1-11(2-4-14)5-6-20/h1-4,7-8,20H,5-6H2. The summed E-state index contributed by atoms with van der Waals surface area (Å²) in [5.41, 5.74) is 1.43. The first-order valence-corrected chi connectivity index (χ1v) is 6.57. The zero-order valence-corrected chi connectivity index (χ0v) is 11.8. The van der Waals surface area contributed by atoms with Crippen LogP contribution in [0.2, 0.25) is 5.02 Å². The topological polar surface area (TPSA) is 77.0 Å². The second-order valence-corrected chi connectivity index (χ2v) is 4.68. The van der Waals surface area contributed by atoms with E-state index in [0.717, 1.165) is 5.56 Å². The van der Waals surface area contributed by atoms with E-state index in [-0.39, 0.29) is 22.8 Å². The summed E-state index contributed by atoms with van der Waals surface area (Å²) in [6, 6.07) is 13.9. The molecule has 4 nitrogen and oxygen atoms in total. The van der Waals surface area contributed by atoms with Crippen molar-refractivity contribution >= 4 is 11.6 Å². The van der Waals surface area contributed by atoms with Crippen LogP contribution >= 0.6 is 11.6 Å². The predicted molar refractivity (Wildman–Crippen MR) is 78.2 cm³/mol. The average Bonchev–Trinajstić information content (AvgIpc) is 2.51. The number of aliphatic hydroxyl groups is 1. The SMILES string of the molecule is N#Cc1cc(Cl)c(Oc2ccc(CCO)cc2)cc1C#N. The number of hydrogen-bond acceptors (Lipinski definition) is 4. The van der Waals surface area contributed by atoms with Gasteiger partial charge in [-0.1, -0.05) is 23.7 Å². The summed E-state index contributed by atoms with van der Waals surface area (Å²) in [7, 11) is 0. The monoisotopic (exact) mass is 298 g/mol. The highest BCUT2D eigenvalue weighted by Crippen LogP contribution is 2.32. The van der Waals surface area contributed by atoms with Gasteiger partial charge in [-0.2, -0.15) is 10.5 Å². The lowest BCUT2D eigenvalue weighted by atomic mass is 10.1. The first-order valence-electron chi connectivity index (χ1n) is 6.19. The maximum Gasteiger partial charge on any atom is 0.147 e. The summed E-state index contributed by atoms with van der Waals surface area (Å²) in [6.07, 6.45) is 0.580. The second kappa shape index (κ2) is 6.76. The number of nitriles is 2. The fourth-order valence-corrected chi connectivity index (χ4v) is 2.00. The fraction of sp³-hybridized carbons (Fsp3) is 0.125. The van der Waals surface area contributed by atoms with Crippen molar-refractivity contribution in [1.29, 1.82) is 10.5 Å². The maximum atomic E-state index is 9.00. The predicted octanol–water partition coefficient (Wildman–Crippen LogP) is 3.41. The third-order valence-electron chi connectivity index (χ3n) is 2.86. The van der Waals surface area contributed by atoms with Gasteiger partial charge in [-0.05, 0) is 30.2 Å². The number of ether oxygens (including phenoxy) is 1. The van der Waals surface area contributed by atoms with E-state index in [4.69, 9.17) is 32.0 Å². The van der Waals surface area contributed by atoms with E-state index in [1.807, 2.05) is 24.3 Å². The first-order chi connectivity index (χ1) is 10.2. The lowest BCUT2D eigenvalue weighted by Gasteiger charge is -2.09. The number of hydrogen-bond donors (Lipinski definition) is 1. The van der Waals surface area contributed by atoms with Crippen LogP contribution in [0.3, 0.4) is 0 Å². The highest BCUT2D eigenvalue weighted by Gasteiger charge is 2.10. The van der Waals surface area contributed by atoms with Gasteiger partial charge in [-0.15, -0.1) is 0 Å². The molecule has 2 aromatic rings. The minimum absolute atomic E-state index is 0.0905. The Morgan fingerprint density at radius 3 is 2.24 bits per heavy atom. The number of benzene rings is 2. The second-order valence-electron chi connectivity index (χ2n) is 4.27. The molecule has 0 spiro atoms. The molecule has 0 unspecified atom stereocenters. The highest BCUT2D eigenvalue weighted by molar-refractivity contribution is 6.32. The van der Waals surface area contributed by atoms with E-state index in [2.05, 4.69) is 0 Å². The highest BCUT2D eigenvalue weighted by atomic mass is 35.5. The van der Waals surface area contributed by atoms with Crippen LogP contribution in [0.25, 0.3) is 0 Å². The average molecular weight is 299 g/mol. The molecule has 0 amide bonds. The minimum Gasteiger partial charge on any atom is -0.456 e. The van der Waals surface area contributed by atoms with Crippen LogP contribution in [0, 0.1) is 22.7 Å². The van der Waals surface area contributed by atoms with Gasteiger partial charge in [0.2, 0.25) is 0 Å². The number of halogens is 1. The molecule has 0 atom stereocenters. The summed E-state index contributed by atoms with van der Waals surface area (Å²) in [5.74, 6) is 0.884. The molecule has 104 valence electrons. The van der Waals surface area contributed by atoms with E-state index in [1.165, 1.54) is 12.1 Å². The Hall–Kier alpha value is -2.53. The molecular weight excluding hydrogens is 288 g/mol. The molecule has 0 saturated carbocycles. The van der Waals surface area contributed by atoms with Gasteiger partial charge >= 0.3 is 0 Å². The summed E-state index contributed by atoms with van der Waals surface area (Å²) in [4.78, 5) is 0. The first kappa shape index (κ1) is 14.9. The van der Waals surface area contributed by atoms with Gasteiger partial charge in [-0.3, -0.25) is 0 Å². The van der Waals surface area contributed by atoms with Crippen LogP contribution in [-0.4, -0.2) is 11.7 Å². The van der Waals surface area contributed by atoms with Crippen molar-refractivity contribution in [1.82, 2.24) is 0 Å². The van der Waals surface area contributed by atoms with E-state index in [0.29, 0.717) is 17.9 Å². The number of nitrogens with zero attached hydrogens (tertiary/aromatic N) is 2. The van der Waals surface area contributed by atoms with Crippen molar-refractivity contribution in [3.63, 3.8) is 0 Å². The molecule has 2 aromatic carbocycles. The van der Waals surface area contributed by atoms with Crippen LogP contribution in [0.1, 0.15) is 16.7 Å². The molecule has 0 fully saturated rings. The van der Waals surface area contributed by atoms with E-state index >= 15 is 0 Å². The van der Waals surface area contributed by atoms with Gasteiger partial charge in [0.05, 0.1) is 16.1 Å². The van der Waals surface area contributed by atoms with Crippen molar-refractivity contribution in [2.24, 2.45) is 0 Å². The van der Waals surface area contributed by atoms with Gasteiger partial charge in [0.25, 0.3) is 0 Å². The molecule has 2 rings (SSSR count). The zero-order valence-electron chi connectivity index (χ0n) is 11.0. The van der Waals surface area contributed by atoms with Gasteiger partial charge in [0.1, 0.15) is 23.6 Å². The molecule has 0 aliphatic rings. The Morgan fingerprint density at radius 2 is 1.67 bits per heavy atom. The van der Waals surface area contributed by atoms with E-state index in [1.54, 1.807) is 12.1 Å². The van der Waals surface area contributed by atoms with Gasteiger partial charge in [0, 0.05) is 12.7 Å². The van der Waals surface area contributed by atoms with Crippen molar-refractivity contribution in [2.45, 2.75) is 6.42 Å². The van der Waals surface area contributed by atoms with Gasteiger partial charge in [0.15, 0.2) is 0 Å². The van der Waals surface area contributed by atoms with Gasteiger partial charge < -0.3 is 9.84 Å². The molecule has 0 heterocycles. The van der Waals surface area contributed by atoms with Crippen LogP contribution < -0.4 is 4.74 Å². The Labute approximate surface area is 127 Å². The van der Waals surface area contributed by atoms with Crippen LogP contribution in [0.5, 0.6) is 11.5 Å². The van der Waals surface area contributed by atoms with Crippen LogP contribution in [0.15, 0.2) is 36.4 Å². The third kappa shape index (κ3) is 3.52. The Morgan fingerprint density at radius 1 is 1.05 bits per heavy atom. The van der Waals surface area contributed by atoms with E-state index < -0.39 is 0 Å². The molecule has 0 radical (unpaired) electrons. The molecule has 5 heteroatoms. The quantitative estimate of drug-likeness (QED) is 0.938. The van der Waals surface area contributed by atoms with Crippen molar-refractivity contribution in [3.8, 4) is 23.6 Å². The Bertz CT molecular complexity index is 728. The summed E-state index contributed by atoms with van der Waals surface area (Å²) in [5, 5.41) is 27.0. The molecule has 0 aliphatic heterocycles. The molecule has 0 saturated heterocycles. The molecule has 1 N–H and O–H groups in total. The molecule has 0 bridgehead atoms. The maximum absolute atomic E-state index is 9.00. The van der Waals surface area contributed by atoms with Gasteiger partial charge in [-0.25, -0.2) is 0 Å². The van der Waals surface area contributed by atoms with Crippen LogP contribution in [-0.2, 0) is 6.42 Å². The van der Waals surface area contributed by atoms with Crippen molar-refractivity contribution < 1.29 is 9.84 Å². The lowest BCUT2D eigenvalue weighted by molar-refractivity contribution is 0.299. The van der Waals surface area contributed by atoms with Crippen molar-refractivity contribution in [3.05, 3.63) is 58.1 Å². The minimum atomic E-state index is 0.0905. The van der Waals surface area contributed by atoms with Crippen LogP contribution in [0.4, 0.5) is 0 Å². The molecule has 21 heavy (non-hydrogen) atoms. The molecule has 0 aliphatic carbocycles. The summed E-state index contributed by atoms with van der Waals surface area (Å²) >= 11 is 6.05. The normalized spacial score (nSPS) is 9.71. The number of rotatable bonds is 4. The van der Waals surface area contributed by atoms with Crippen molar-refractivity contribution in [2.75, 3.05) is 6.61 Å². The largest absolute Gasteiger partial charge is 0.456 e. The molecule has 0 aromatic heterocycles. The van der Waals surface area contributed by atoms with E-state index in [9.17, 15) is 0 Å². The number of aliphatic hydroxyl groups excluding tert-OH is 1. The summed E-state index contributed by atoms with van der Waals surface area (Å²) in [6.45, 7) is 0.0905. The lowest BCUT2D eigenvalue weighted by Crippen LogP contribution is -1.92. The summed E-state index contributed by atoms with van der Waals surface area (Å²) < 4.78 is 5.63. The third-order valence-corrected chi connectivity index (χ3v) is 3.16. The smallest absolute Gasteiger partial charge is 0.147 e.